The van der Waals surface area contributed by atoms with E-state index in [1.165, 1.54) is 0 Å². The summed E-state index contributed by atoms with van der Waals surface area (Å²) in [5.74, 6) is -0.276. The monoisotopic (exact) mass is 741 g/mol. The number of likely N-dealkylation sites (tertiary alicyclic amines) is 3. The zero-order valence-electron chi connectivity index (χ0n) is 33.5. The fourth-order valence-corrected chi connectivity index (χ4v) is 8.77. The number of benzene rings is 1. The summed E-state index contributed by atoms with van der Waals surface area (Å²) in [5.41, 5.74) is 0.511. The predicted octanol–water partition coefficient (Wildman–Crippen LogP) is 3.35. The van der Waals surface area contributed by atoms with Gasteiger partial charge in [-0.15, -0.1) is 0 Å². The van der Waals surface area contributed by atoms with E-state index in [4.69, 9.17) is 9.47 Å². The maximum Gasteiger partial charge on any atom is 0.329 e. The molecular formula is C41H68N6O6. The molecule has 1 aromatic carbocycles. The van der Waals surface area contributed by atoms with Crippen molar-refractivity contribution in [2.45, 2.75) is 122 Å². The lowest BCUT2D eigenvalue weighted by Crippen LogP contribution is -2.62. The van der Waals surface area contributed by atoms with Crippen molar-refractivity contribution in [3.05, 3.63) is 35.9 Å². The first-order valence-corrected chi connectivity index (χ1v) is 20.3. The van der Waals surface area contributed by atoms with Crippen LogP contribution in [0.25, 0.3) is 0 Å². The number of esters is 1. The second kappa shape index (κ2) is 18.8. The molecule has 12 heteroatoms. The fourth-order valence-electron chi connectivity index (χ4n) is 8.77. The van der Waals surface area contributed by atoms with Gasteiger partial charge in [0.25, 0.3) is 0 Å². The number of aliphatic hydroxyl groups is 1. The van der Waals surface area contributed by atoms with E-state index < -0.39 is 29.8 Å². The molecule has 4 aliphatic heterocycles. The summed E-state index contributed by atoms with van der Waals surface area (Å²) in [4.78, 5) is 52.9. The molecule has 53 heavy (non-hydrogen) atoms. The average molecular weight is 741 g/mol. The zero-order chi connectivity index (χ0) is 38.3. The van der Waals surface area contributed by atoms with Gasteiger partial charge in [0, 0.05) is 51.9 Å². The number of likely N-dealkylation sites (N-methyl/N-ethyl adjacent to an activating group) is 2. The molecule has 4 heterocycles. The van der Waals surface area contributed by atoms with Crippen LogP contribution >= 0.6 is 0 Å². The minimum absolute atomic E-state index is 0.0168. The van der Waals surface area contributed by atoms with Crippen molar-refractivity contribution in [1.29, 1.82) is 0 Å². The first-order chi connectivity index (χ1) is 25.3. The molecule has 298 valence electrons. The van der Waals surface area contributed by atoms with E-state index in [-0.39, 0.29) is 41.8 Å². The largest absolute Gasteiger partial charge is 0.455 e. The molecule has 0 aromatic heterocycles. The number of aliphatic hydroxyl groups excluding tert-OH is 1. The van der Waals surface area contributed by atoms with Gasteiger partial charge in [-0.25, -0.2) is 4.79 Å². The van der Waals surface area contributed by atoms with Crippen LogP contribution < -0.4 is 5.32 Å². The molecule has 1 aromatic rings. The van der Waals surface area contributed by atoms with Gasteiger partial charge < -0.3 is 24.4 Å². The molecule has 2 amide bonds. The van der Waals surface area contributed by atoms with Gasteiger partial charge in [0.05, 0.1) is 25.3 Å². The van der Waals surface area contributed by atoms with Crippen LogP contribution in [0.3, 0.4) is 0 Å². The van der Waals surface area contributed by atoms with Gasteiger partial charge in [0.1, 0.15) is 18.4 Å². The summed E-state index contributed by atoms with van der Waals surface area (Å²) in [6, 6.07) is 8.13. The maximum absolute atomic E-state index is 14.4. The standard InChI is InChI=1S/C41H68N6O6/c1-29(2)34(44(7)39(50)36(41(3,4)5)42-37(48)31-17-11-12-20-43(31)6)27-46-21-13-18-32(46)38(49)47-22-14-19-33(47)40(51)53-35(30-15-9-8-10-16-30)28-45-23-25-52-26-24-45/h8-10,15-16,29,31-37,42,48H,11-14,17-28H2,1-7H3/t31?,32?,33?,34-,35?,36-,37-/m1/s1. The number of ether oxygens (including phenoxy) is 2. The van der Waals surface area contributed by atoms with Gasteiger partial charge in [0.2, 0.25) is 11.8 Å². The van der Waals surface area contributed by atoms with Crippen molar-refractivity contribution < 1.29 is 29.0 Å². The number of rotatable bonds is 14. The van der Waals surface area contributed by atoms with Crippen molar-refractivity contribution >= 4 is 17.8 Å². The Morgan fingerprint density at radius 3 is 2.26 bits per heavy atom. The van der Waals surface area contributed by atoms with E-state index in [0.717, 1.165) is 70.3 Å². The number of morpholine rings is 1. The van der Waals surface area contributed by atoms with E-state index in [9.17, 15) is 19.5 Å². The number of hydrogen-bond donors (Lipinski definition) is 2. The molecule has 4 fully saturated rings. The minimum Gasteiger partial charge on any atom is -0.455 e. The van der Waals surface area contributed by atoms with Crippen LogP contribution in [0.15, 0.2) is 30.3 Å². The highest BCUT2D eigenvalue weighted by atomic mass is 16.5. The minimum atomic E-state index is -0.817. The van der Waals surface area contributed by atoms with Crippen LogP contribution in [-0.4, -0.2) is 157 Å². The van der Waals surface area contributed by atoms with Crippen LogP contribution in [0, 0.1) is 11.3 Å². The van der Waals surface area contributed by atoms with E-state index >= 15 is 0 Å². The molecular weight excluding hydrogens is 672 g/mol. The molecule has 0 spiro atoms. The number of carbonyl (C=O) groups excluding carboxylic acids is 3. The highest BCUT2D eigenvalue weighted by Gasteiger charge is 2.44. The normalized spacial score (nSPS) is 26.0. The van der Waals surface area contributed by atoms with E-state index in [1.807, 2.05) is 70.1 Å². The number of amides is 2. The second-order valence-electron chi connectivity index (χ2n) is 17.3. The SMILES string of the molecule is CC(C)[C@@H](CN1CCCC1C(=O)N1CCCC1C(=O)OC(CN1CCOCC1)c1ccccc1)N(C)C(=O)[C@@H](N[C@H](O)C1CCCCN1C)C(C)(C)C. The Kier molecular flexibility index (Phi) is 14.8. The summed E-state index contributed by atoms with van der Waals surface area (Å²) in [6.07, 6.45) is 4.77. The Morgan fingerprint density at radius 1 is 0.925 bits per heavy atom. The van der Waals surface area contributed by atoms with Gasteiger partial charge in [0.15, 0.2) is 0 Å². The highest BCUT2D eigenvalue weighted by Crippen LogP contribution is 2.30. The number of carbonyl (C=O) groups is 3. The summed E-state index contributed by atoms with van der Waals surface area (Å²) in [6.45, 7) is 16.6. The maximum atomic E-state index is 14.4. The summed E-state index contributed by atoms with van der Waals surface area (Å²) in [7, 11) is 3.91. The number of nitrogens with zero attached hydrogens (tertiary/aromatic N) is 5. The van der Waals surface area contributed by atoms with E-state index in [2.05, 4.69) is 33.9 Å². The average Bonchev–Trinajstić information content (AvgIpc) is 3.83. The highest BCUT2D eigenvalue weighted by molar-refractivity contribution is 5.88. The lowest BCUT2D eigenvalue weighted by atomic mass is 9.84. The van der Waals surface area contributed by atoms with Crippen LogP contribution in [0.2, 0.25) is 0 Å². The predicted molar refractivity (Wildman–Crippen MR) is 206 cm³/mol. The van der Waals surface area contributed by atoms with E-state index in [0.29, 0.717) is 39.3 Å². The van der Waals surface area contributed by atoms with E-state index in [1.54, 1.807) is 4.90 Å². The van der Waals surface area contributed by atoms with Crippen molar-refractivity contribution in [3.8, 4) is 0 Å². The molecule has 0 aliphatic carbocycles. The molecule has 5 rings (SSSR count). The summed E-state index contributed by atoms with van der Waals surface area (Å²) in [5, 5.41) is 14.7. The lowest BCUT2D eigenvalue weighted by Gasteiger charge is -2.43. The summed E-state index contributed by atoms with van der Waals surface area (Å²) < 4.78 is 11.8. The Morgan fingerprint density at radius 2 is 1.60 bits per heavy atom. The molecule has 0 saturated carbocycles. The lowest BCUT2D eigenvalue weighted by molar-refractivity contribution is -0.160. The first kappa shape index (κ1) is 41.6. The van der Waals surface area contributed by atoms with Crippen LogP contribution in [-0.2, 0) is 23.9 Å². The van der Waals surface area contributed by atoms with Crippen molar-refractivity contribution in [1.82, 2.24) is 29.8 Å². The van der Waals surface area contributed by atoms with Crippen molar-refractivity contribution in [2.75, 3.05) is 73.1 Å². The van der Waals surface area contributed by atoms with Crippen molar-refractivity contribution in [2.24, 2.45) is 11.3 Å². The van der Waals surface area contributed by atoms with Gasteiger partial charge in [-0.1, -0.05) is 71.4 Å². The molecule has 0 radical (unpaired) electrons. The number of hydrogen-bond acceptors (Lipinski definition) is 10. The molecule has 0 bridgehead atoms. The van der Waals surface area contributed by atoms with Gasteiger partial charge in [-0.05, 0) is 75.6 Å². The molecule has 4 aliphatic rings. The van der Waals surface area contributed by atoms with Crippen LogP contribution in [0.1, 0.15) is 91.2 Å². The molecule has 4 unspecified atom stereocenters. The number of nitrogens with one attached hydrogen (secondary N) is 1. The Labute approximate surface area is 318 Å². The molecule has 12 nitrogen and oxygen atoms in total. The van der Waals surface area contributed by atoms with Gasteiger partial charge in [-0.2, -0.15) is 0 Å². The van der Waals surface area contributed by atoms with Crippen LogP contribution in [0.5, 0.6) is 0 Å². The zero-order valence-corrected chi connectivity index (χ0v) is 33.5. The third-order valence-electron chi connectivity index (χ3n) is 12.1. The Hall–Kier alpha value is -2.61. The molecule has 2 N–H and O–H groups in total. The third-order valence-corrected chi connectivity index (χ3v) is 12.1. The van der Waals surface area contributed by atoms with Crippen molar-refractivity contribution in [3.63, 3.8) is 0 Å². The first-order valence-electron chi connectivity index (χ1n) is 20.3. The summed E-state index contributed by atoms with van der Waals surface area (Å²) >= 11 is 0. The molecule has 4 saturated heterocycles. The third kappa shape index (κ3) is 10.6. The topological polar surface area (TPSA) is 118 Å². The second-order valence-corrected chi connectivity index (χ2v) is 17.3. The Balaban J connectivity index is 1.25. The quantitative estimate of drug-likeness (QED) is 0.217. The van der Waals surface area contributed by atoms with Gasteiger partial charge >= 0.3 is 5.97 Å². The smallest absolute Gasteiger partial charge is 0.329 e. The van der Waals surface area contributed by atoms with Crippen LogP contribution in [0.4, 0.5) is 0 Å². The molecule has 7 atom stereocenters. The van der Waals surface area contributed by atoms with Gasteiger partial charge in [-0.3, -0.25) is 29.6 Å². The number of piperidine rings is 1. The fraction of sp³-hybridized carbons (Fsp3) is 0.780. The Bertz CT molecular complexity index is 1340.